The van der Waals surface area contributed by atoms with Crippen molar-refractivity contribution in [2.45, 2.75) is 20.8 Å². The van der Waals surface area contributed by atoms with E-state index in [0.717, 1.165) is 11.3 Å². The molecule has 0 N–H and O–H groups in total. The molecule has 0 aliphatic heterocycles. The van der Waals surface area contributed by atoms with Crippen LogP contribution in [0.3, 0.4) is 0 Å². The van der Waals surface area contributed by atoms with Crippen molar-refractivity contribution in [1.29, 1.82) is 0 Å². The van der Waals surface area contributed by atoms with Crippen molar-refractivity contribution in [2.75, 3.05) is 0 Å². The van der Waals surface area contributed by atoms with Gasteiger partial charge in [0, 0.05) is 0 Å². The monoisotopic (exact) mass is 240 g/mol. The van der Waals surface area contributed by atoms with Crippen LogP contribution in [0, 0.1) is 20.8 Å². The Morgan fingerprint density at radius 3 is 2.33 bits per heavy atom. The Balaban J connectivity index is 2.16. The number of carbonyl (C=O) groups excluding carboxylic acids is 1. The van der Waals surface area contributed by atoms with Gasteiger partial charge in [0.15, 0.2) is 5.78 Å². The van der Waals surface area contributed by atoms with Crippen molar-refractivity contribution in [3.8, 4) is 0 Å². The van der Waals surface area contributed by atoms with Gasteiger partial charge in [-0.25, -0.2) is 0 Å². The molecule has 0 aliphatic carbocycles. The third-order valence-corrected chi connectivity index (χ3v) is 2.81. The van der Waals surface area contributed by atoms with Crippen LogP contribution in [-0.4, -0.2) is 5.78 Å². The van der Waals surface area contributed by atoms with E-state index in [2.05, 4.69) is 0 Å². The molecule has 1 aromatic carbocycles. The molecule has 2 heteroatoms. The zero-order chi connectivity index (χ0) is 13.1. The predicted molar refractivity (Wildman–Crippen MR) is 72.7 cm³/mol. The van der Waals surface area contributed by atoms with Crippen LogP contribution in [0.25, 0.3) is 6.08 Å². The van der Waals surface area contributed by atoms with Gasteiger partial charge in [-0.2, -0.15) is 0 Å². The summed E-state index contributed by atoms with van der Waals surface area (Å²) < 4.78 is 5.35. The fraction of sp³-hybridized carbons (Fsp3) is 0.188. The third kappa shape index (κ3) is 2.77. The minimum atomic E-state index is -0.0232. The van der Waals surface area contributed by atoms with Gasteiger partial charge in [-0.05, 0) is 38.5 Å². The van der Waals surface area contributed by atoms with E-state index in [1.807, 2.05) is 44.2 Å². The highest BCUT2D eigenvalue weighted by Crippen LogP contribution is 2.15. The number of allylic oxidation sites excluding steroid dienone is 1. The molecule has 92 valence electrons. The summed E-state index contributed by atoms with van der Waals surface area (Å²) in [6, 6.07) is 9.81. The zero-order valence-corrected chi connectivity index (χ0v) is 10.9. The van der Waals surface area contributed by atoms with Crippen LogP contribution < -0.4 is 0 Å². The van der Waals surface area contributed by atoms with Gasteiger partial charge in [0.25, 0.3) is 0 Å². The largest absolute Gasteiger partial charge is 0.466 e. The van der Waals surface area contributed by atoms with Crippen molar-refractivity contribution >= 4 is 11.9 Å². The summed E-state index contributed by atoms with van der Waals surface area (Å²) in [6.07, 6.45) is 3.41. The predicted octanol–water partition coefficient (Wildman–Crippen LogP) is 4.10. The summed E-state index contributed by atoms with van der Waals surface area (Å²) in [7, 11) is 0. The maximum absolute atomic E-state index is 12.0. The van der Waals surface area contributed by atoms with Crippen LogP contribution in [0.1, 0.15) is 33.0 Å². The lowest BCUT2D eigenvalue weighted by atomic mass is 10.1. The Labute approximate surface area is 107 Å². The lowest BCUT2D eigenvalue weighted by Gasteiger charge is -1.95. The molecule has 2 aromatic rings. The molecule has 0 saturated heterocycles. The molecule has 0 unspecified atom stereocenters. The molecule has 0 spiro atoms. The molecule has 0 amide bonds. The summed E-state index contributed by atoms with van der Waals surface area (Å²) in [4.78, 5) is 12.0. The van der Waals surface area contributed by atoms with E-state index >= 15 is 0 Å². The topological polar surface area (TPSA) is 30.2 Å². The van der Waals surface area contributed by atoms with E-state index in [-0.39, 0.29) is 5.78 Å². The van der Waals surface area contributed by atoms with Crippen LogP contribution >= 0.6 is 0 Å². The highest BCUT2D eigenvalue weighted by Gasteiger charge is 2.10. The van der Waals surface area contributed by atoms with Crippen molar-refractivity contribution in [3.63, 3.8) is 0 Å². The number of hydrogen-bond acceptors (Lipinski definition) is 2. The smallest absolute Gasteiger partial charge is 0.189 e. The van der Waals surface area contributed by atoms with Gasteiger partial charge in [0.1, 0.15) is 11.5 Å². The van der Waals surface area contributed by atoms with E-state index in [1.165, 1.54) is 5.56 Å². The third-order valence-electron chi connectivity index (χ3n) is 2.81. The lowest BCUT2D eigenvalue weighted by Crippen LogP contribution is -1.93. The van der Waals surface area contributed by atoms with Crippen LogP contribution in [0.15, 0.2) is 40.8 Å². The molecule has 2 nitrogen and oxygen atoms in total. The van der Waals surface area contributed by atoms with Gasteiger partial charge in [-0.1, -0.05) is 35.9 Å². The number of ketones is 1. The van der Waals surface area contributed by atoms with Crippen molar-refractivity contribution in [1.82, 2.24) is 0 Å². The number of hydrogen-bond donors (Lipinski definition) is 0. The molecule has 0 saturated carbocycles. The molecule has 2 rings (SSSR count). The summed E-state index contributed by atoms with van der Waals surface area (Å²) >= 11 is 0. The van der Waals surface area contributed by atoms with Crippen LogP contribution in [0.4, 0.5) is 0 Å². The first-order valence-electron chi connectivity index (χ1n) is 5.92. The molecular formula is C16H16O2. The van der Waals surface area contributed by atoms with E-state index in [1.54, 1.807) is 19.1 Å². The number of benzene rings is 1. The number of furan rings is 1. The van der Waals surface area contributed by atoms with E-state index in [9.17, 15) is 4.79 Å². The highest BCUT2D eigenvalue weighted by atomic mass is 16.3. The van der Waals surface area contributed by atoms with Gasteiger partial charge < -0.3 is 4.42 Å². The maximum atomic E-state index is 12.0. The zero-order valence-electron chi connectivity index (χ0n) is 10.9. The molecule has 0 aliphatic rings. The van der Waals surface area contributed by atoms with E-state index < -0.39 is 0 Å². The quantitative estimate of drug-likeness (QED) is 0.597. The average molecular weight is 240 g/mol. The van der Waals surface area contributed by atoms with Crippen LogP contribution in [-0.2, 0) is 0 Å². The van der Waals surface area contributed by atoms with Gasteiger partial charge in [-0.15, -0.1) is 0 Å². The van der Waals surface area contributed by atoms with Gasteiger partial charge in [0.2, 0.25) is 0 Å². The Bertz CT molecular complexity index is 586. The fourth-order valence-electron chi connectivity index (χ4n) is 1.81. The van der Waals surface area contributed by atoms with Gasteiger partial charge in [0.05, 0.1) is 5.56 Å². The Hall–Kier alpha value is -2.09. The first-order chi connectivity index (χ1) is 8.56. The Morgan fingerprint density at radius 1 is 1.11 bits per heavy atom. The Morgan fingerprint density at radius 2 is 1.78 bits per heavy atom. The minimum absolute atomic E-state index is 0.0232. The maximum Gasteiger partial charge on any atom is 0.189 e. The second kappa shape index (κ2) is 5.05. The highest BCUT2D eigenvalue weighted by molar-refractivity contribution is 6.07. The Kier molecular flexibility index (Phi) is 3.47. The number of rotatable bonds is 3. The second-order valence-corrected chi connectivity index (χ2v) is 4.44. The fourth-order valence-corrected chi connectivity index (χ4v) is 1.81. The number of carbonyl (C=O) groups is 1. The summed E-state index contributed by atoms with van der Waals surface area (Å²) in [5.74, 6) is 1.41. The lowest BCUT2D eigenvalue weighted by molar-refractivity contribution is 0.104. The molecule has 1 heterocycles. The van der Waals surface area contributed by atoms with Crippen molar-refractivity contribution in [2.24, 2.45) is 0 Å². The minimum Gasteiger partial charge on any atom is -0.466 e. The molecule has 0 fully saturated rings. The first kappa shape index (κ1) is 12.4. The molecular weight excluding hydrogens is 224 g/mol. The van der Waals surface area contributed by atoms with Crippen molar-refractivity contribution < 1.29 is 9.21 Å². The van der Waals surface area contributed by atoms with E-state index in [4.69, 9.17) is 4.42 Å². The van der Waals surface area contributed by atoms with Crippen LogP contribution in [0.2, 0.25) is 0 Å². The van der Waals surface area contributed by atoms with Crippen LogP contribution in [0.5, 0.6) is 0 Å². The van der Waals surface area contributed by atoms with Crippen molar-refractivity contribution in [3.05, 3.63) is 64.6 Å². The number of aryl methyl sites for hydroxylation is 3. The SMILES string of the molecule is Cc1ccc(/C=C/C(=O)c2cc(C)oc2C)cc1. The first-order valence-corrected chi connectivity index (χ1v) is 5.92. The van der Waals surface area contributed by atoms with Gasteiger partial charge in [-0.3, -0.25) is 4.79 Å². The standard InChI is InChI=1S/C16H16O2/c1-11-4-6-14(7-5-11)8-9-16(17)15-10-12(2)18-13(15)3/h4-10H,1-3H3/b9-8+. The van der Waals surface area contributed by atoms with Gasteiger partial charge >= 0.3 is 0 Å². The summed E-state index contributed by atoms with van der Waals surface area (Å²) in [5.41, 5.74) is 2.86. The second-order valence-electron chi connectivity index (χ2n) is 4.44. The normalized spacial score (nSPS) is 11.1. The summed E-state index contributed by atoms with van der Waals surface area (Å²) in [5, 5.41) is 0. The average Bonchev–Trinajstić information content (AvgIpc) is 2.67. The molecule has 0 bridgehead atoms. The molecule has 0 radical (unpaired) electrons. The molecule has 1 aromatic heterocycles. The summed E-state index contributed by atoms with van der Waals surface area (Å²) in [6.45, 7) is 5.68. The molecule has 0 atom stereocenters. The molecule has 18 heavy (non-hydrogen) atoms. The van der Waals surface area contributed by atoms with E-state index in [0.29, 0.717) is 11.3 Å².